The van der Waals surface area contributed by atoms with Gasteiger partial charge in [-0.1, -0.05) is 18.6 Å². The number of carbonyl (C=O) groups excluding carboxylic acids is 1. The van der Waals surface area contributed by atoms with E-state index in [0.717, 1.165) is 0 Å². The molecule has 3 fully saturated rings. The number of aromatic hydroxyl groups is 1. The molecule has 15 heteroatoms. The van der Waals surface area contributed by atoms with E-state index in [1.807, 2.05) is 16.7 Å². The first-order valence-electron chi connectivity index (χ1n) is 17.7. The van der Waals surface area contributed by atoms with Gasteiger partial charge in [0.2, 0.25) is 5.91 Å². The van der Waals surface area contributed by atoms with Gasteiger partial charge >= 0.3 is 6.01 Å². The van der Waals surface area contributed by atoms with Crippen molar-refractivity contribution < 1.29 is 27.8 Å². The Labute approximate surface area is 313 Å². The summed E-state index contributed by atoms with van der Waals surface area (Å²) in [6.45, 7) is 6.38. The highest BCUT2D eigenvalue weighted by molar-refractivity contribution is 6.03. The van der Waals surface area contributed by atoms with Crippen LogP contribution in [0.15, 0.2) is 61.7 Å². The third-order valence-electron chi connectivity index (χ3n) is 10.9. The number of ether oxygens (including phenoxy) is 1. The van der Waals surface area contributed by atoms with Gasteiger partial charge in [0.25, 0.3) is 0 Å². The van der Waals surface area contributed by atoms with Crippen molar-refractivity contribution in [3.05, 3.63) is 84.6 Å². The van der Waals surface area contributed by atoms with Gasteiger partial charge in [0.1, 0.15) is 47.7 Å². The molecule has 5 aromatic rings. The first-order valence-corrected chi connectivity index (χ1v) is 17.7. The molecule has 1 unspecified atom stereocenters. The number of aromatic nitrogens is 5. The molecule has 0 saturated carbocycles. The number of halogens is 3. The Kier molecular flexibility index (Phi) is 8.97. The number of hydrogen-bond donors (Lipinski definition) is 1. The second kappa shape index (κ2) is 13.8. The van der Waals surface area contributed by atoms with E-state index in [1.54, 1.807) is 17.2 Å². The normalized spacial score (nSPS) is 23.5. The van der Waals surface area contributed by atoms with E-state index in [1.165, 1.54) is 42.9 Å². The van der Waals surface area contributed by atoms with Crippen molar-refractivity contribution in [2.75, 3.05) is 31.1 Å². The number of terminal acetylenes is 1. The van der Waals surface area contributed by atoms with Gasteiger partial charge in [-0.15, -0.1) is 6.42 Å². The van der Waals surface area contributed by atoms with Crippen molar-refractivity contribution in [3.8, 4) is 41.4 Å². The van der Waals surface area contributed by atoms with Crippen LogP contribution in [-0.2, 0) is 11.3 Å². The van der Waals surface area contributed by atoms with Gasteiger partial charge in [-0.05, 0) is 49.1 Å². The maximum atomic E-state index is 17.1. The molecule has 8 rings (SSSR count). The second-order valence-corrected chi connectivity index (χ2v) is 14.4. The Morgan fingerprint density at radius 2 is 2.04 bits per heavy atom. The summed E-state index contributed by atoms with van der Waals surface area (Å²) in [6, 6.07) is 8.28. The van der Waals surface area contributed by atoms with Gasteiger partial charge in [-0.2, -0.15) is 15.2 Å². The molecule has 2 aromatic carbocycles. The molecule has 0 aliphatic carbocycles. The maximum Gasteiger partial charge on any atom is 0.319 e. The minimum Gasteiger partial charge on any atom is -0.508 e. The highest BCUT2D eigenvalue weighted by Gasteiger charge is 2.49. The van der Waals surface area contributed by atoms with Gasteiger partial charge in [-0.3, -0.25) is 14.7 Å². The van der Waals surface area contributed by atoms with Crippen molar-refractivity contribution in [1.29, 1.82) is 5.26 Å². The standard InChI is InChI=1S/C40H34F3N9O3/c1-4-28-31(42)7-6-22-11-27(53)12-29(34(22)28)36-35(43)37-30(15-46-36)38(50-18-26-10-23(14-44)32(19-50)52(26)33(54)5-2)49-39(48-37)55-20-40(3)13-24(41)16-51(40)17-25-8-9-45-21-47-25/h1,5-9,11-12,15,21,23-24,26,32,53H,2,10,13,16-20H2,3H3/t23?,24-,26-,32-,40+/m1/s1. The van der Waals surface area contributed by atoms with Gasteiger partial charge in [0.15, 0.2) is 5.82 Å². The number of piperazine rings is 1. The number of phenolic OH excluding ortho intramolecular Hbond substituents is 1. The number of rotatable bonds is 8. The SMILES string of the molecule is C#Cc1c(F)ccc2cc(O)cc(-c3ncc4c(N5C[C@H]6CC(C#N)[C@@H](C5)N6C(=O)C=C)nc(OC[C@]5(C)C[C@@H](F)CN5Cc5ccncn5)nc4c3F)c12. The van der Waals surface area contributed by atoms with Crippen LogP contribution < -0.4 is 9.64 Å². The summed E-state index contributed by atoms with van der Waals surface area (Å²) < 4.78 is 53.4. The van der Waals surface area contributed by atoms with Crippen LogP contribution in [-0.4, -0.2) is 95.8 Å². The summed E-state index contributed by atoms with van der Waals surface area (Å²) in [5, 5.41) is 21.4. The molecule has 0 radical (unpaired) electrons. The fourth-order valence-corrected chi connectivity index (χ4v) is 8.35. The average molecular weight is 746 g/mol. The Morgan fingerprint density at radius 3 is 2.78 bits per heavy atom. The third kappa shape index (κ3) is 6.20. The molecule has 0 spiro atoms. The molecular weight excluding hydrogens is 711 g/mol. The van der Waals surface area contributed by atoms with Crippen LogP contribution in [0.3, 0.4) is 0 Å². The number of phenols is 1. The number of anilines is 1. The lowest BCUT2D eigenvalue weighted by atomic mass is 9.96. The van der Waals surface area contributed by atoms with Crippen LogP contribution in [0.2, 0.25) is 0 Å². The zero-order valence-electron chi connectivity index (χ0n) is 29.7. The third-order valence-corrected chi connectivity index (χ3v) is 10.9. The molecule has 1 amide bonds. The van der Waals surface area contributed by atoms with Crippen LogP contribution in [0.4, 0.5) is 19.0 Å². The summed E-state index contributed by atoms with van der Waals surface area (Å²) in [6.07, 6.45) is 10.8. The molecule has 3 aliphatic heterocycles. The molecule has 278 valence electrons. The predicted molar refractivity (Wildman–Crippen MR) is 196 cm³/mol. The lowest BCUT2D eigenvalue weighted by molar-refractivity contribution is -0.129. The Morgan fingerprint density at radius 1 is 1.20 bits per heavy atom. The lowest BCUT2D eigenvalue weighted by Gasteiger charge is -2.41. The number of amides is 1. The van der Waals surface area contributed by atoms with Crippen molar-refractivity contribution in [1.82, 2.24) is 34.7 Å². The summed E-state index contributed by atoms with van der Waals surface area (Å²) in [5.41, 5.74) is -0.644. The number of nitrogens with zero attached hydrogens (tertiary/aromatic N) is 9. The van der Waals surface area contributed by atoms with E-state index >= 15 is 8.78 Å². The van der Waals surface area contributed by atoms with Crippen molar-refractivity contribution >= 4 is 33.4 Å². The largest absolute Gasteiger partial charge is 0.508 e. The molecule has 3 aliphatic rings. The first-order chi connectivity index (χ1) is 26.5. The predicted octanol–water partition coefficient (Wildman–Crippen LogP) is 5.10. The average Bonchev–Trinajstić information content (AvgIpc) is 3.59. The molecule has 3 aromatic heterocycles. The zero-order chi connectivity index (χ0) is 38.6. The Balaban J connectivity index is 1.24. The molecule has 2 bridgehead atoms. The minimum atomic E-state index is -1.14. The summed E-state index contributed by atoms with van der Waals surface area (Å²) in [7, 11) is 0. The molecular formula is C40H34F3N9O3. The number of benzene rings is 2. The fraction of sp³-hybridized carbons (Fsp3) is 0.325. The number of carbonyl (C=O) groups is 1. The molecule has 1 N–H and O–H groups in total. The summed E-state index contributed by atoms with van der Waals surface area (Å²) >= 11 is 0. The molecule has 12 nitrogen and oxygen atoms in total. The van der Waals surface area contributed by atoms with E-state index in [-0.39, 0.29) is 95.3 Å². The van der Waals surface area contributed by atoms with Gasteiger partial charge < -0.3 is 19.6 Å². The molecule has 55 heavy (non-hydrogen) atoms. The Bertz CT molecular complexity index is 2460. The first kappa shape index (κ1) is 35.7. The smallest absolute Gasteiger partial charge is 0.319 e. The van der Waals surface area contributed by atoms with Gasteiger partial charge in [-0.25, -0.2) is 23.1 Å². The van der Waals surface area contributed by atoms with E-state index in [0.29, 0.717) is 24.0 Å². The maximum absolute atomic E-state index is 17.1. The van der Waals surface area contributed by atoms with E-state index < -0.39 is 35.3 Å². The topological polar surface area (TPSA) is 144 Å². The number of nitriles is 1. The van der Waals surface area contributed by atoms with E-state index in [2.05, 4.69) is 38.5 Å². The highest BCUT2D eigenvalue weighted by atomic mass is 19.1. The number of hydrogen-bond acceptors (Lipinski definition) is 11. The van der Waals surface area contributed by atoms with Crippen LogP contribution in [0.25, 0.3) is 32.9 Å². The van der Waals surface area contributed by atoms with Crippen LogP contribution in [0.5, 0.6) is 11.8 Å². The molecule has 6 heterocycles. The highest BCUT2D eigenvalue weighted by Crippen LogP contribution is 2.42. The van der Waals surface area contributed by atoms with Crippen molar-refractivity contribution in [2.45, 2.75) is 50.1 Å². The number of alkyl halides is 1. The van der Waals surface area contributed by atoms with Crippen LogP contribution in [0, 0.1) is 41.2 Å². The van der Waals surface area contributed by atoms with E-state index in [4.69, 9.17) is 16.1 Å². The van der Waals surface area contributed by atoms with Crippen LogP contribution >= 0.6 is 0 Å². The fourth-order valence-electron chi connectivity index (χ4n) is 8.35. The zero-order valence-corrected chi connectivity index (χ0v) is 29.7. The number of likely N-dealkylation sites (tertiary alicyclic amines) is 1. The summed E-state index contributed by atoms with van der Waals surface area (Å²) in [4.78, 5) is 40.4. The van der Waals surface area contributed by atoms with Crippen LogP contribution in [0.1, 0.15) is 31.0 Å². The monoisotopic (exact) mass is 745 g/mol. The van der Waals surface area contributed by atoms with E-state index in [9.17, 15) is 19.6 Å². The number of fused-ring (bicyclic) bond motifs is 4. The Hall–Kier alpha value is -6.32. The van der Waals surface area contributed by atoms with Crippen molar-refractivity contribution in [2.24, 2.45) is 5.92 Å². The lowest BCUT2D eigenvalue weighted by Crippen LogP contribution is -2.56. The molecule has 3 saturated heterocycles. The number of pyridine rings is 1. The molecule has 5 atom stereocenters. The van der Waals surface area contributed by atoms with Crippen molar-refractivity contribution in [3.63, 3.8) is 0 Å². The minimum absolute atomic E-state index is 0.0451. The van der Waals surface area contributed by atoms with Gasteiger partial charge in [0.05, 0.1) is 46.3 Å². The second-order valence-electron chi connectivity index (χ2n) is 14.4. The van der Waals surface area contributed by atoms with Gasteiger partial charge in [0, 0.05) is 55.9 Å². The summed E-state index contributed by atoms with van der Waals surface area (Å²) in [5.74, 6) is 0.0211. The quantitative estimate of drug-likeness (QED) is 0.167.